The second-order valence-electron chi connectivity index (χ2n) is 4.06. The van der Waals surface area contributed by atoms with Gasteiger partial charge >= 0.3 is 0 Å². The van der Waals surface area contributed by atoms with Gasteiger partial charge in [-0.15, -0.1) is 0 Å². The van der Waals surface area contributed by atoms with Gasteiger partial charge in [0.05, 0.1) is 6.54 Å². The lowest BCUT2D eigenvalue weighted by Gasteiger charge is -2.09. The zero-order chi connectivity index (χ0) is 12.8. The van der Waals surface area contributed by atoms with Gasteiger partial charge in [-0.2, -0.15) is 0 Å². The average Bonchev–Trinajstić information content (AvgIpc) is 2.20. The molecule has 0 aliphatic rings. The molecule has 0 saturated heterocycles. The molecule has 0 saturated carbocycles. The molecule has 0 aromatic heterocycles. The van der Waals surface area contributed by atoms with E-state index in [9.17, 15) is 13.6 Å². The zero-order valence-electron chi connectivity index (χ0n) is 9.89. The third-order valence-corrected chi connectivity index (χ3v) is 2.07. The Balaban J connectivity index is 2.38. The van der Waals surface area contributed by atoms with Gasteiger partial charge in [-0.3, -0.25) is 4.79 Å². The largest absolute Gasteiger partial charge is 0.353 e. The predicted octanol–water partition coefficient (Wildman–Crippen LogP) is 1.58. The maximum absolute atomic E-state index is 13.2. The fourth-order valence-electron chi connectivity index (χ4n) is 1.35. The molecule has 1 amide bonds. The molecular weight excluding hydrogens is 226 g/mol. The Labute approximate surface area is 99.2 Å². The first-order valence-electron chi connectivity index (χ1n) is 5.43. The molecule has 94 valence electrons. The van der Waals surface area contributed by atoms with E-state index in [1.807, 2.05) is 13.8 Å². The lowest BCUT2D eigenvalue weighted by molar-refractivity contribution is -0.120. The van der Waals surface area contributed by atoms with Crippen molar-refractivity contribution < 1.29 is 13.6 Å². The highest BCUT2D eigenvalue weighted by atomic mass is 19.1. The molecule has 1 aromatic rings. The van der Waals surface area contributed by atoms with Crippen molar-refractivity contribution in [2.75, 3.05) is 6.54 Å². The Morgan fingerprint density at radius 1 is 1.35 bits per heavy atom. The van der Waals surface area contributed by atoms with Crippen LogP contribution in [0.4, 0.5) is 8.78 Å². The van der Waals surface area contributed by atoms with E-state index < -0.39 is 11.6 Å². The molecule has 2 N–H and O–H groups in total. The summed E-state index contributed by atoms with van der Waals surface area (Å²) in [6.45, 7) is 4.02. The first kappa shape index (κ1) is 13.6. The standard InChI is InChI=1S/C12H16F2N2O/c1-8(2)16-12(17)7-15-6-9-3-4-10(13)5-11(9)14/h3-5,8,15H,6-7H2,1-2H3,(H,16,17). The van der Waals surface area contributed by atoms with Crippen molar-refractivity contribution in [2.24, 2.45) is 0 Å². The fourth-order valence-corrected chi connectivity index (χ4v) is 1.35. The number of carbonyl (C=O) groups is 1. The molecule has 0 aliphatic carbocycles. The molecule has 17 heavy (non-hydrogen) atoms. The summed E-state index contributed by atoms with van der Waals surface area (Å²) >= 11 is 0. The molecule has 0 heterocycles. The first-order valence-corrected chi connectivity index (χ1v) is 5.43. The summed E-state index contributed by atoms with van der Waals surface area (Å²) in [6.07, 6.45) is 0. The van der Waals surface area contributed by atoms with Crippen LogP contribution in [0.25, 0.3) is 0 Å². The number of carbonyl (C=O) groups excluding carboxylic acids is 1. The minimum absolute atomic E-state index is 0.0758. The summed E-state index contributed by atoms with van der Waals surface area (Å²) in [5.41, 5.74) is 0.337. The Kier molecular flexibility index (Phi) is 5.03. The molecule has 1 rings (SSSR count). The quantitative estimate of drug-likeness (QED) is 0.823. The normalized spacial score (nSPS) is 10.6. The van der Waals surface area contributed by atoms with Crippen molar-refractivity contribution in [2.45, 2.75) is 26.4 Å². The van der Waals surface area contributed by atoms with Crippen molar-refractivity contribution in [3.05, 3.63) is 35.4 Å². The summed E-state index contributed by atoms with van der Waals surface area (Å²) < 4.78 is 25.8. The number of hydrogen-bond acceptors (Lipinski definition) is 2. The summed E-state index contributed by atoms with van der Waals surface area (Å²) in [7, 11) is 0. The Hall–Kier alpha value is -1.49. The Morgan fingerprint density at radius 3 is 2.65 bits per heavy atom. The maximum Gasteiger partial charge on any atom is 0.234 e. The lowest BCUT2D eigenvalue weighted by Crippen LogP contribution is -2.37. The minimum atomic E-state index is -0.609. The number of hydrogen-bond donors (Lipinski definition) is 2. The SMILES string of the molecule is CC(C)NC(=O)CNCc1ccc(F)cc1F. The maximum atomic E-state index is 13.2. The monoisotopic (exact) mass is 242 g/mol. The first-order chi connectivity index (χ1) is 7.99. The van der Waals surface area contributed by atoms with Crippen LogP contribution in [-0.4, -0.2) is 18.5 Å². The van der Waals surface area contributed by atoms with Gasteiger partial charge in [-0.1, -0.05) is 6.07 Å². The van der Waals surface area contributed by atoms with Crippen molar-refractivity contribution in [3.8, 4) is 0 Å². The van der Waals surface area contributed by atoms with Gasteiger partial charge in [-0.05, 0) is 19.9 Å². The molecule has 5 heteroatoms. The van der Waals surface area contributed by atoms with Crippen LogP contribution in [0.15, 0.2) is 18.2 Å². The molecule has 0 fully saturated rings. The van der Waals surface area contributed by atoms with Gasteiger partial charge in [0.1, 0.15) is 11.6 Å². The number of benzene rings is 1. The van der Waals surface area contributed by atoms with Gasteiger partial charge in [0.15, 0.2) is 0 Å². The molecule has 0 radical (unpaired) electrons. The zero-order valence-corrected chi connectivity index (χ0v) is 9.89. The van der Waals surface area contributed by atoms with E-state index in [1.165, 1.54) is 12.1 Å². The van der Waals surface area contributed by atoms with Crippen LogP contribution < -0.4 is 10.6 Å². The fraction of sp³-hybridized carbons (Fsp3) is 0.417. The van der Waals surface area contributed by atoms with Crippen LogP contribution >= 0.6 is 0 Å². The minimum Gasteiger partial charge on any atom is -0.353 e. The van der Waals surface area contributed by atoms with E-state index in [0.29, 0.717) is 5.56 Å². The summed E-state index contributed by atoms with van der Waals surface area (Å²) in [5.74, 6) is -1.37. The topological polar surface area (TPSA) is 41.1 Å². The van der Waals surface area contributed by atoms with E-state index in [1.54, 1.807) is 0 Å². The van der Waals surface area contributed by atoms with Gasteiger partial charge in [0.2, 0.25) is 5.91 Å². The predicted molar refractivity (Wildman–Crippen MR) is 61.3 cm³/mol. The van der Waals surface area contributed by atoms with Crippen LogP contribution in [0.1, 0.15) is 19.4 Å². The van der Waals surface area contributed by atoms with Crippen LogP contribution in [-0.2, 0) is 11.3 Å². The Bertz CT molecular complexity index is 394. The average molecular weight is 242 g/mol. The van der Waals surface area contributed by atoms with Crippen molar-refractivity contribution in [3.63, 3.8) is 0 Å². The summed E-state index contributed by atoms with van der Waals surface area (Å²) in [4.78, 5) is 11.3. The lowest BCUT2D eigenvalue weighted by atomic mass is 10.2. The van der Waals surface area contributed by atoms with E-state index in [4.69, 9.17) is 0 Å². The number of halogens is 2. The summed E-state index contributed by atoms with van der Waals surface area (Å²) in [5, 5.41) is 5.49. The number of rotatable bonds is 5. The molecule has 1 aromatic carbocycles. The highest BCUT2D eigenvalue weighted by molar-refractivity contribution is 5.78. The highest BCUT2D eigenvalue weighted by Gasteiger charge is 2.05. The van der Waals surface area contributed by atoms with Crippen LogP contribution in [0.3, 0.4) is 0 Å². The van der Waals surface area contributed by atoms with E-state index in [0.717, 1.165) is 6.07 Å². The second-order valence-corrected chi connectivity index (χ2v) is 4.06. The van der Waals surface area contributed by atoms with Gasteiger partial charge in [0.25, 0.3) is 0 Å². The molecule has 0 unspecified atom stereocenters. The third-order valence-electron chi connectivity index (χ3n) is 2.07. The molecule has 3 nitrogen and oxygen atoms in total. The van der Waals surface area contributed by atoms with Crippen molar-refractivity contribution in [1.29, 1.82) is 0 Å². The molecule has 0 bridgehead atoms. The number of amides is 1. The number of nitrogens with one attached hydrogen (secondary N) is 2. The second kappa shape index (κ2) is 6.30. The van der Waals surface area contributed by atoms with Crippen LogP contribution in [0.2, 0.25) is 0 Å². The van der Waals surface area contributed by atoms with Gasteiger partial charge < -0.3 is 10.6 Å². The van der Waals surface area contributed by atoms with E-state index in [-0.39, 0.29) is 25.0 Å². The van der Waals surface area contributed by atoms with Crippen LogP contribution in [0.5, 0.6) is 0 Å². The molecule has 0 atom stereocenters. The summed E-state index contributed by atoms with van der Waals surface area (Å²) in [6, 6.07) is 3.45. The molecular formula is C12H16F2N2O. The smallest absolute Gasteiger partial charge is 0.234 e. The van der Waals surface area contributed by atoms with Gasteiger partial charge in [-0.25, -0.2) is 8.78 Å². The molecule has 0 spiro atoms. The van der Waals surface area contributed by atoms with Crippen LogP contribution in [0, 0.1) is 11.6 Å². The van der Waals surface area contributed by atoms with Crippen molar-refractivity contribution in [1.82, 2.24) is 10.6 Å². The third kappa shape index (κ3) is 4.91. The van der Waals surface area contributed by atoms with Gasteiger partial charge in [0, 0.05) is 24.2 Å². The van der Waals surface area contributed by atoms with E-state index >= 15 is 0 Å². The Morgan fingerprint density at radius 2 is 2.06 bits per heavy atom. The molecule has 0 aliphatic heterocycles. The van der Waals surface area contributed by atoms with Crippen molar-refractivity contribution >= 4 is 5.91 Å². The van der Waals surface area contributed by atoms with E-state index in [2.05, 4.69) is 10.6 Å². The highest BCUT2D eigenvalue weighted by Crippen LogP contribution is 2.08.